The van der Waals surface area contributed by atoms with Crippen LogP contribution in [0, 0.1) is 0 Å². The summed E-state index contributed by atoms with van der Waals surface area (Å²) < 4.78 is 5.35. The van der Waals surface area contributed by atoms with Gasteiger partial charge in [0.05, 0.1) is 23.9 Å². The van der Waals surface area contributed by atoms with Crippen molar-refractivity contribution in [3.05, 3.63) is 60.2 Å². The highest BCUT2D eigenvalue weighted by atomic mass is 16.5. The van der Waals surface area contributed by atoms with Crippen molar-refractivity contribution in [3.63, 3.8) is 0 Å². The second-order valence-electron chi connectivity index (χ2n) is 8.39. The summed E-state index contributed by atoms with van der Waals surface area (Å²) in [5, 5.41) is 4.00. The minimum Gasteiger partial charge on any atom is -0.497 e. The first-order chi connectivity index (χ1) is 15.7. The summed E-state index contributed by atoms with van der Waals surface area (Å²) >= 11 is 0. The van der Waals surface area contributed by atoms with Crippen molar-refractivity contribution < 1.29 is 9.53 Å². The lowest BCUT2D eigenvalue weighted by Gasteiger charge is -2.11. The number of hydrogen-bond donors (Lipinski definition) is 1. The van der Waals surface area contributed by atoms with Crippen molar-refractivity contribution in [2.45, 2.75) is 64.7 Å². The molecule has 4 nitrogen and oxygen atoms in total. The zero-order chi connectivity index (χ0) is 22.6. The normalized spacial score (nSPS) is 10.9. The molecule has 0 bridgehead atoms. The largest absolute Gasteiger partial charge is 0.497 e. The first-order valence-electron chi connectivity index (χ1n) is 12.1. The van der Waals surface area contributed by atoms with E-state index in [-0.39, 0.29) is 5.91 Å². The molecule has 0 unspecified atom stereocenters. The molecule has 0 aliphatic rings. The van der Waals surface area contributed by atoms with Crippen LogP contribution in [-0.2, 0) is 0 Å². The Bertz CT molecular complexity index is 1000. The van der Waals surface area contributed by atoms with Gasteiger partial charge in [-0.05, 0) is 30.7 Å². The van der Waals surface area contributed by atoms with Gasteiger partial charge in [0.25, 0.3) is 5.91 Å². The average molecular weight is 433 g/mol. The number of pyridine rings is 1. The Kier molecular flexibility index (Phi) is 9.55. The fourth-order valence-electron chi connectivity index (χ4n) is 4.03. The number of benzene rings is 2. The summed E-state index contributed by atoms with van der Waals surface area (Å²) in [7, 11) is 1.65. The van der Waals surface area contributed by atoms with Crippen LogP contribution in [0.4, 0.5) is 0 Å². The number of ether oxygens (including phenoxy) is 1. The van der Waals surface area contributed by atoms with Gasteiger partial charge >= 0.3 is 0 Å². The number of carbonyl (C=O) groups is 1. The maximum Gasteiger partial charge on any atom is 0.252 e. The molecule has 0 aliphatic carbocycles. The number of para-hydroxylation sites is 1. The van der Waals surface area contributed by atoms with Crippen LogP contribution in [0.3, 0.4) is 0 Å². The monoisotopic (exact) mass is 432 g/mol. The van der Waals surface area contributed by atoms with E-state index in [0.29, 0.717) is 12.1 Å². The minimum absolute atomic E-state index is 0.0349. The summed E-state index contributed by atoms with van der Waals surface area (Å²) in [6.07, 6.45) is 11.5. The van der Waals surface area contributed by atoms with Gasteiger partial charge in [0.2, 0.25) is 0 Å². The van der Waals surface area contributed by atoms with Gasteiger partial charge in [0.1, 0.15) is 5.75 Å². The molecule has 3 rings (SSSR count). The number of aromatic nitrogens is 1. The van der Waals surface area contributed by atoms with Gasteiger partial charge in [-0.3, -0.25) is 4.79 Å². The fourth-order valence-corrected chi connectivity index (χ4v) is 4.03. The van der Waals surface area contributed by atoms with Crippen LogP contribution in [0.1, 0.15) is 75.1 Å². The molecule has 0 aliphatic heterocycles. The van der Waals surface area contributed by atoms with Gasteiger partial charge in [0.15, 0.2) is 0 Å². The SMILES string of the molecule is CCCCCCCCCCCNC(=O)c1cc(-c2cccc(OC)c2)nc2ccccc12. The lowest BCUT2D eigenvalue weighted by atomic mass is 10.0. The molecule has 1 N–H and O–H groups in total. The third-order valence-corrected chi connectivity index (χ3v) is 5.89. The molecule has 1 amide bonds. The Morgan fingerprint density at radius 3 is 2.34 bits per heavy atom. The predicted octanol–water partition coefficient (Wildman–Crippen LogP) is 7.17. The van der Waals surface area contributed by atoms with Crippen LogP contribution in [0.25, 0.3) is 22.2 Å². The molecule has 0 atom stereocenters. The van der Waals surface area contributed by atoms with Crippen LogP contribution in [0.15, 0.2) is 54.6 Å². The van der Waals surface area contributed by atoms with E-state index < -0.39 is 0 Å². The zero-order valence-electron chi connectivity index (χ0n) is 19.5. The summed E-state index contributed by atoms with van der Waals surface area (Å²) in [5.41, 5.74) is 3.20. The van der Waals surface area contributed by atoms with Crippen molar-refractivity contribution in [2.24, 2.45) is 0 Å². The molecule has 3 aromatic rings. The van der Waals surface area contributed by atoms with E-state index in [1.807, 2.05) is 54.6 Å². The van der Waals surface area contributed by atoms with Gasteiger partial charge in [-0.2, -0.15) is 0 Å². The zero-order valence-corrected chi connectivity index (χ0v) is 19.5. The number of amides is 1. The number of carbonyl (C=O) groups excluding carboxylic acids is 1. The van der Waals surface area contributed by atoms with E-state index >= 15 is 0 Å². The van der Waals surface area contributed by atoms with E-state index in [9.17, 15) is 4.79 Å². The highest BCUT2D eigenvalue weighted by Gasteiger charge is 2.14. The smallest absolute Gasteiger partial charge is 0.252 e. The van der Waals surface area contributed by atoms with Gasteiger partial charge in [0, 0.05) is 17.5 Å². The second kappa shape index (κ2) is 12.8. The Hall–Kier alpha value is -2.88. The van der Waals surface area contributed by atoms with E-state index in [1.54, 1.807) is 7.11 Å². The van der Waals surface area contributed by atoms with Crippen molar-refractivity contribution in [1.82, 2.24) is 10.3 Å². The molecule has 0 saturated heterocycles. The van der Waals surface area contributed by atoms with Crippen molar-refractivity contribution in [1.29, 1.82) is 0 Å². The summed E-state index contributed by atoms with van der Waals surface area (Å²) in [6, 6.07) is 17.5. The molecule has 170 valence electrons. The van der Waals surface area contributed by atoms with E-state index in [1.165, 1.54) is 51.4 Å². The number of nitrogens with zero attached hydrogens (tertiary/aromatic N) is 1. The second-order valence-corrected chi connectivity index (χ2v) is 8.39. The topological polar surface area (TPSA) is 51.2 Å². The first-order valence-corrected chi connectivity index (χ1v) is 12.1. The standard InChI is InChI=1S/C28H36N2O2/c1-3-4-5-6-7-8-9-10-13-19-29-28(31)25-21-27(22-15-14-16-23(20-22)32-2)30-26-18-12-11-17-24(25)26/h11-12,14-18,20-21H,3-10,13,19H2,1-2H3,(H,29,31). The molecule has 0 fully saturated rings. The highest BCUT2D eigenvalue weighted by molar-refractivity contribution is 6.07. The summed E-state index contributed by atoms with van der Waals surface area (Å²) in [6.45, 7) is 2.96. The van der Waals surface area contributed by atoms with E-state index in [0.717, 1.165) is 34.3 Å². The number of unbranched alkanes of at least 4 members (excludes halogenated alkanes) is 8. The van der Waals surface area contributed by atoms with Gasteiger partial charge in [-0.25, -0.2) is 4.98 Å². The first kappa shape index (κ1) is 23.8. The quantitative estimate of drug-likeness (QED) is 0.291. The van der Waals surface area contributed by atoms with E-state index in [4.69, 9.17) is 9.72 Å². The van der Waals surface area contributed by atoms with Crippen molar-refractivity contribution in [3.8, 4) is 17.0 Å². The van der Waals surface area contributed by atoms with Crippen LogP contribution in [-0.4, -0.2) is 24.5 Å². The predicted molar refractivity (Wildman–Crippen MR) is 133 cm³/mol. The molecular formula is C28H36N2O2. The molecule has 1 heterocycles. The third-order valence-electron chi connectivity index (χ3n) is 5.89. The van der Waals surface area contributed by atoms with Gasteiger partial charge in [-0.15, -0.1) is 0 Å². The molecule has 1 aromatic heterocycles. The fraction of sp³-hybridized carbons (Fsp3) is 0.429. The van der Waals surface area contributed by atoms with Crippen LogP contribution < -0.4 is 10.1 Å². The van der Waals surface area contributed by atoms with Crippen LogP contribution >= 0.6 is 0 Å². The lowest BCUT2D eigenvalue weighted by molar-refractivity contribution is 0.0954. The van der Waals surface area contributed by atoms with Gasteiger partial charge < -0.3 is 10.1 Å². The van der Waals surface area contributed by atoms with Crippen molar-refractivity contribution in [2.75, 3.05) is 13.7 Å². The molecule has 32 heavy (non-hydrogen) atoms. The number of nitrogens with one attached hydrogen (secondary N) is 1. The number of methoxy groups -OCH3 is 1. The minimum atomic E-state index is -0.0349. The number of fused-ring (bicyclic) bond motifs is 1. The van der Waals surface area contributed by atoms with Crippen LogP contribution in [0.2, 0.25) is 0 Å². The van der Waals surface area contributed by atoms with Gasteiger partial charge in [-0.1, -0.05) is 88.6 Å². The molecule has 0 saturated carbocycles. The summed E-state index contributed by atoms with van der Waals surface area (Å²) in [5.74, 6) is 0.737. The molecule has 4 heteroatoms. The Balaban J connectivity index is 1.60. The average Bonchev–Trinajstić information content (AvgIpc) is 2.84. The Morgan fingerprint density at radius 1 is 0.875 bits per heavy atom. The maximum atomic E-state index is 13.0. The molecule has 0 radical (unpaired) electrons. The number of rotatable bonds is 13. The van der Waals surface area contributed by atoms with Crippen LogP contribution in [0.5, 0.6) is 5.75 Å². The molecule has 0 spiro atoms. The molecule has 2 aromatic carbocycles. The Labute approximate surface area is 192 Å². The number of hydrogen-bond acceptors (Lipinski definition) is 3. The Morgan fingerprint density at radius 2 is 1.59 bits per heavy atom. The highest BCUT2D eigenvalue weighted by Crippen LogP contribution is 2.27. The third kappa shape index (κ3) is 6.81. The maximum absolute atomic E-state index is 13.0. The molecular weight excluding hydrogens is 396 g/mol. The lowest BCUT2D eigenvalue weighted by Crippen LogP contribution is -2.24. The van der Waals surface area contributed by atoms with E-state index in [2.05, 4.69) is 12.2 Å². The summed E-state index contributed by atoms with van der Waals surface area (Å²) in [4.78, 5) is 17.8. The van der Waals surface area contributed by atoms with Crippen molar-refractivity contribution >= 4 is 16.8 Å².